The number of hydrogen-bond acceptors (Lipinski definition) is 2. The molecule has 0 atom stereocenters. The van der Waals surface area contributed by atoms with Gasteiger partial charge in [0.25, 0.3) is 0 Å². The molecule has 1 aromatic heterocycles. The number of amides is 1. The molecule has 0 unspecified atom stereocenters. The molecular formula is C13H19NO2. The third kappa shape index (κ3) is 3.26. The first-order chi connectivity index (χ1) is 7.45. The van der Waals surface area contributed by atoms with E-state index in [-0.39, 0.29) is 11.3 Å². The van der Waals surface area contributed by atoms with E-state index in [1.165, 1.54) is 0 Å². The number of rotatable bonds is 4. The molecule has 88 valence electrons. The highest BCUT2D eigenvalue weighted by molar-refractivity contribution is 5.81. The first kappa shape index (κ1) is 12.6. The van der Waals surface area contributed by atoms with E-state index in [0.29, 0.717) is 13.1 Å². The Morgan fingerprint density at radius 3 is 2.69 bits per heavy atom. The van der Waals surface area contributed by atoms with Crippen molar-refractivity contribution in [2.75, 3.05) is 6.54 Å². The van der Waals surface area contributed by atoms with Gasteiger partial charge in [-0.25, -0.2) is 0 Å². The van der Waals surface area contributed by atoms with Crippen molar-refractivity contribution in [3.05, 3.63) is 36.8 Å². The summed E-state index contributed by atoms with van der Waals surface area (Å²) >= 11 is 0. The van der Waals surface area contributed by atoms with Crippen molar-refractivity contribution in [1.82, 2.24) is 4.90 Å². The molecule has 0 spiro atoms. The number of carbonyl (C=O) groups is 1. The van der Waals surface area contributed by atoms with E-state index in [4.69, 9.17) is 4.42 Å². The Labute approximate surface area is 96.7 Å². The molecule has 0 saturated heterocycles. The summed E-state index contributed by atoms with van der Waals surface area (Å²) in [5, 5.41) is 0. The van der Waals surface area contributed by atoms with E-state index in [1.807, 2.05) is 32.9 Å². The van der Waals surface area contributed by atoms with Gasteiger partial charge in [-0.15, -0.1) is 6.58 Å². The normalized spacial score (nSPS) is 11.2. The van der Waals surface area contributed by atoms with E-state index >= 15 is 0 Å². The third-order valence-corrected chi connectivity index (χ3v) is 2.21. The van der Waals surface area contributed by atoms with Crippen LogP contribution in [0.1, 0.15) is 26.5 Å². The van der Waals surface area contributed by atoms with E-state index < -0.39 is 0 Å². The molecule has 0 aliphatic rings. The van der Waals surface area contributed by atoms with Gasteiger partial charge in [0.2, 0.25) is 5.91 Å². The van der Waals surface area contributed by atoms with Crippen LogP contribution in [0.15, 0.2) is 35.5 Å². The SMILES string of the molecule is C=CCN(Cc1ccco1)C(=O)C(C)(C)C. The van der Waals surface area contributed by atoms with Gasteiger partial charge in [-0.3, -0.25) is 4.79 Å². The summed E-state index contributed by atoms with van der Waals surface area (Å²) in [4.78, 5) is 13.9. The molecule has 16 heavy (non-hydrogen) atoms. The first-order valence-electron chi connectivity index (χ1n) is 5.38. The molecule has 1 aromatic rings. The second-order valence-electron chi connectivity index (χ2n) is 4.80. The zero-order valence-corrected chi connectivity index (χ0v) is 10.2. The van der Waals surface area contributed by atoms with Crippen LogP contribution in [0.25, 0.3) is 0 Å². The van der Waals surface area contributed by atoms with Crippen molar-refractivity contribution >= 4 is 5.91 Å². The quantitative estimate of drug-likeness (QED) is 0.732. The largest absolute Gasteiger partial charge is 0.467 e. The topological polar surface area (TPSA) is 33.5 Å². The Hall–Kier alpha value is -1.51. The van der Waals surface area contributed by atoms with Crippen molar-refractivity contribution < 1.29 is 9.21 Å². The van der Waals surface area contributed by atoms with Gasteiger partial charge in [0.05, 0.1) is 12.8 Å². The fourth-order valence-electron chi connectivity index (χ4n) is 1.44. The van der Waals surface area contributed by atoms with Crippen LogP contribution >= 0.6 is 0 Å². The Morgan fingerprint density at radius 2 is 2.25 bits per heavy atom. The summed E-state index contributed by atoms with van der Waals surface area (Å²) in [5.41, 5.74) is -0.379. The minimum atomic E-state index is -0.379. The second-order valence-corrected chi connectivity index (χ2v) is 4.80. The second kappa shape index (κ2) is 5.01. The third-order valence-electron chi connectivity index (χ3n) is 2.21. The lowest BCUT2D eigenvalue weighted by Crippen LogP contribution is -2.39. The van der Waals surface area contributed by atoms with Crippen molar-refractivity contribution in [2.24, 2.45) is 5.41 Å². The Balaban J connectivity index is 2.75. The van der Waals surface area contributed by atoms with Crippen LogP contribution in [-0.2, 0) is 11.3 Å². The Bertz CT molecular complexity index is 347. The molecule has 0 bridgehead atoms. The minimum absolute atomic E-state index is 0.101. The van der Waals surface area contributed by atoms with Gasteiger partial charge in [0.15, 0.2) is 0 Å². The fraction of sp³-hybridized carbons (Fsp3) is 0.462. The monoisotopic (exact) mass is 221 g/mol. The number of nitrogens with zero attached hydrogens (tertiary/aromatic N) is 1. The molecule has 0 aliphatic heterocycles. The van der Waals surface area contributed by atoms with Crippen molar-refractivity contribution in [3.63, 3.8) is 0 Å². The van der Waals surface area contributed by atoms with Gasteiger partial charge in [-0.1, -0.05) is 26.8 Å². The lowest BCUT2D eigenvalue weighted by atomic mass is 9.94. The summed E-state index contributed by atoms with van der Waals surface area (Å²) in [5.74, 6) is 0.892. The van der Waals surface area contributed by atoms with Crippen LogP contribution in [0.3, 0.4) is 0 Å². The number of carbonyl (C=O) groups excluding carboxylic acids is 1. The molecular weight excluding hydrogens is 202 g/mol. The highest BCUT2D eigenvalue weighted by Gasteiger charge is 2.26. The fourth-order valence-corrected chi connectivity index (χ4v) is 1.44. The van der Waals surface area contributed by atoms with Crippen LogP contribution in [0.2, 0.25) is 0 Å². The van der Waals surface area contributed by atoms with Crippen molar-refractivity contribution in [2.45, 2.75) is 27.3 Å². The van der Waals surface area contributed by atoms with Crippen LogP contribution < -0.4 is 0 Å². The predicted molar refractivity (Wildman–Crippen MR) is 63.8 cm³/mol. The van der Waals surface area contributed by atoms with Crippen LogP contribution in [0.4, 0.5) is 0 Å². The van der Waals surface area contributed by atoms with E-state index in [1.54, 1.807) is 17.2 Å². The molecule has 3 nitrogen and oxygen atoms in total. The standard InChI is InChI=1S/C13H19NO2/c1-5-8-14(12(15)13(2,3)4)10-11-7-6-9-16-11/h5-7,9H,1,8,10H2,2-4H3. The van der Waals surface area contributed by atoms with E-state index in [2.05, 4.69) is 6.58 Å². The molecule has 0 aliphatic carbocycles. The average molecular weight is 221 g/mol. The van der Waals surface area contributed by atoms with E-state index in [0.717, 1.165) is 5.76 Å². The van der Waals surface area contributed by atoms with E-state index in [9.17, 15) is 4.79 Å². The van der Waals surface area contributed by atoms with Gasteiger partial charge >= 0.3 is 0 Å². The Morgan fingerprint density at radius 1 is 1.56 bits per heavy atom. The lowest BCUT2D eigenvalue weighted by Gasteiger charge is -2.27. The van der Waals surface area contributed by atoms with Crippen LogP contribution in [-0.4, -0.2) is 17.4 Å². The molecule has 0 N–H and O–H groups in total. The molecule has 1 amide bonds. The van der Waals surface area contributed by atoms with Crippen LogP contribution in [0, 0.1) is 5.41 Å². The molecule has 1 rings (SSSR count). The maximum Gasteiger partial charge on any atom is 0.228 e. The summed E-state index contributed by atoms with van der Waals surface area (Å²) in [6.45, 7) is 10.4. The minimum Gasteiger partial charge on any atom is -0.467 e. The maximum absolute atomic E-state index is 12.1. The van der Waals surface area contributed by atoms with Gasteiger partial charge in [0, 0.05) is 12.0 Å². The van der Waals surface area contributed by atoms with Crippen molar-refractivity contribution in [3.8, 4) is 0 Å². The lowest BCUT2D eigenvalue weighted by molar-refractivity contribution is -0.139. The molecule has 3 heteroatoms. The van der Waals surface area contributed by atoms with Crippen molar-refractivity contribution in [1.29, 1.82) is 0 Å². The molecule has 1 heterocycles. The zero-order chi connectivity index (χ0) is 12.2. The number of hydrogen-bond donors (Lipinski definition) is 0. The first-order valence-corrected chi connectivity index (χ1v) is 5.38. The average Bonchev–Trinajstić information content (AvgIpc) is 2.67. The molecule has 0 saturated carbocycles. The smallest absolute Gasteiger partial charge is 0.228 e. The highest BCUT2D eigenvalue weighted by atomic mass is 16.3. The summed E-state index contributed by atoms with van der Waals surface area (Å²) in [6.07, 6.45) is 3.34. The summed E-state index contributed by atoms with van der Waals surface area (Å²) < 4.78 is 5.24. The van der Waals surface area contributed by atoms with Gasteiger partial charge < -0.3 is 9.32 Å². The Kier molecular flexibility index (Phi) is 3.93. The molecule has 0 aromatic carbocycles. The van der Waals surface area contributed by atoms with Gasteiger partial charge in [-0.2, -0.15) is 0 Å². The molecule has 0 radical (unpaired) electrons. The summed E-state index contributed by atoms with van der Waals surface area (Å²) in [6, 6.07) is 3.69. The van der Waals surface area contributed by atoms with Gasteiger partial charge in [0.1, 0.15) is 5.76 Å². The molecule has 0 fully saturated rings. The predicted octanol–water partition coefficient (Wildman–Crippen LogP) is 2.84. The van der Waals surface area contributed by atoms with Crippen LogP contribution in [0.5, 0.6) is 0 Å². The van der Waals surface area contributed by atoms with Gasteiger partial charge in [-0.05, 0) is 12.1 Å². The highest BCUT2D eigenvalue weighted by Crippen LogP contribution is 2.19. The number of furan rings is 1. The zero-order valence-electron chi connectivity index (χ0n) is 10.2. The maximum atomic E-state index is 12.1. The summed E-state index contributed by atoms with van der Waals surface area (Å²) in [7, 11) is 0.